The molecule has 2 aromatic heterocycles. The van der Waals surface area contributed by atoms with Crippen LogP contribution in [0, 0.1) is 0 Å². The lowest BCUT2D eigenvalue weighted by molar-refractivity contribution is 1.01. The average Bonchev–Trinajstić information content (AvgIpc) is 2.80. The molecule has 0 bridgehead atoms. The number of nitrogens with one attached hydrogen (secondary N) is 1. The molecule has 1 aliphatic carbocycles. The second-order valence-corrected chi connectivity index (χ2v) is 5.61. The van der Waals surface area contributed by atoms with Crippen molar-refractivity contribution < 1.29 is 0 Å². The minimum absolute atomic E-state index is 0.680. The number of nitrogens with zero attached hydrogens (tertiary/aromatic N) is 1. The molecule has 0 aromatic carbocycles. The number of halogens is 1. The molecule has 0 saturated heterocycles. The molecule has 0 unspecified atom stereocenters. The Morgan fingerprint density at radius 1 is 1.25 bits per heavy atom. The summed E-state index contributed by atoms with van der Waals surface area (Å²) in [7, 11) is 0. The topological polar surface area (TPSA) is 28.7 Å². The first kappa shape index (κ1) is 13.2. The molecule has 2 heterocycles. The Morgan fingerprint density at radius 3 is 3.00 bits per heavy atom. The smallest absolute Gasteiger partial charge is 0.137 e. The molecule has 0 aliphatic heterocycles. The zero-order chi connectivity index (χ0) is 13.9. The van der Waals surface area contributed by atoms with Crippen molar-refractivity contribution in [3.8, 4) is 0 Å². The molecule has 102 valence electrons. The van der Waals surface area contributed by atoms with Crippen LogP contribution in [0.3, 0.4) is 0 Å². The largest absolute Gasteiger partial charge is 0.346 e. The second kappa shape index (κ2) is 5.68. The Kier molecular flexibility index (Phi) is 3.75. The van der Waals surface area contributed by atoms with Gasteiger partial charge in [-0.15, -0.1) is 0 Å². The first-order valence-corrected chi connectivity index (χ1v) is 7.25. The van der Waals surface area contributed by atoms with E-state index < -0.39 is 0 Å². The van der Waals surface area contributed by atoms with Crippen molar-refractivity contribution in [2.45, 2.75) is 26.2 Å². The summed E-state index contributed by atoms with van der Waals surface area (Å²) < 4.78 is 0. The summed E-state index contributed by atoms with van der Waals surface area (Å²) in [6.07, 6.45) is 15.8. The zero-order valence-corrected chi connectivity index (χ0v) is 12.2. The first-order chi connectivity index (χ1) is 9.72. The van der Waals surface area contributed by atoms with Gasteiger partial charge >= 0.3 is 0 Å². The molecule has 0 saturated carbocycles. The number of pyridine rings is 1. The fraction of sp³-hybridized carbons (Fsp3) is 0.235. The Hall–Kier alpha value is -1.80. The predicted octanol–water partition coefficient (Wildman–Crippen LogP) is 4.98. The monoisotopic (exact) mass is 284 g/mol. The summed E-state index contributed by atoms with van der Waals surface area (Å²) in [4.78, 5) is 7.52. The molecule has 0 amide bonds. The van der Waals surface area contributed by atoms with Crippen molar-refractivity contribution in [2.75, 3.05) is 0 Å². The van der Waals surface area contributed by atoms with Crippen molar-refractivity contribution >= 4 is 22.6 Å². The molecule has 2 aromatic rings. The number of allylic oxidation sites excluding steroid dienone is 6. The van der Waals surface area contributed by atoms with Crippen LogP contribution in [0.25, 0.3) is 11.0 Å². The third-order valence-corrected chi connectivity index (χ3v) is 3.78. The van der Waals surface area contributed by atoms with E-state index in [0.29, 0.717) is 5.02 Å². The third kappa shape index (κ3) is 2.86. The normalized spacial score (nSPS) is 18.3. The van der Waals surface area contributed by atoms with Crippen LogP contribution in [0.5, 0.6) is 0 Å². The lowest BCUT2D eigenvalue weighted by atomic mass is 10.0. The van der Waals surface area contributed by atoms with E-state index >= 15 is 0 Å². The first-order valence-electron chi connectivity index (χ1n) is 6.88. The number of rotatable bonds is 2. The van der Waals surface area contributed by atoms with E-state index in [2.05, 4.69) is 41.2 Å². The lowest BCUT2D eigenvalue weighted by Gasteiger charge is -2.05. The third-order valence-electron chi connectivity index (χ3n) is 3.58. The number of hydrogen-bond donors (Lipinski definition) is 1. The van der Waals surface area contributed by atoms with Gasteiger partial charge in [-0.05, 0) is 43.4 Å². The van der Waals surface area contributed by atoms with Gasteiger partial charge in [0, 0.05) is 17.8 Å². The van der Waals surface area contributed by atoms with Gasteiger partial charge in [-0.1, -0.05) is 41.5 Å². The molecule has 1 N–H and O–H groups in total. The van der Waals surface area contributed by atoms with Crippen molar-refractivity contribution in [1.82, 2.24) is 9.97 Å². The molecule has 2 nitrogen and oxygen atoms in total. The van der Waals surface area contributed by atoms with E-state index in [1.54, 1.807) is 6.20 Å². The van der Waals surface area contributed by atoms with Gasteiger partial charge < -0.3 is 4.98 Å². The highest BCUT2D eigenvalue weighted by atomic mass is 35.5. The van der Waals surface area contributed by atoms with E-state index in [0.717, 1.165) is 30.3 Å². The minimum atomic E-state index is 0.680. The van der Waals surface area contributed by atoms with Crippen LogP contribution in [-0.2, 0) is 6.42 Å². The highest BCUT2D eigenvalue weighted by molar-refractivity contribution is 6.31. The SMILES string of the molecule is CC1=CCC/C=C(\Cc2c[nH]c3ncc(Cl)cc23)C=C1. The van der Waals surface area contributed by atoms with Gasteiger partial charge in [-0.3, -0.25) is 0 Å². The van der Waals surface area contributed by atoms with Gasteiger partial charge in [-0.2, -0.15) is 0 Å². The number of fused-ring (bicyclic) bond motifs is 1. The van der Waals surface area contributed by atoms with Crippen molar-refractivity contribution in [2.24, 2.45) is 0 Å². The van der Waals surface area contributed by atoms with E-state index in [1.807, 2.05) is 12.3 Å². The van der Waals surface area contributed by atoms with Crippen molar-refractivity contribution in [3.05, 3.63) is 64.5 Å². The van der Waals surface area contributed by atoms with Gasteiger partial charge in [0.2, 0.25) is 0 Å². The summed E-state index contributed by atoms with van der Waals surface area (Å²) >= 11 is 6.04. The predicted molar refractivity (Wildman–Crippen MR) is 85.0 cm³/mol. The number of hydrogen-bond acceptors (Lipinski definition) is 1. The summed E-state index contributed by atoms with van der Waals surface area (Å²) in [5, 5.41) is 1.79. The Balaban J connectivity index is 1.91. The Labute approximate surface area is 123 Å². The maximum absolute atomic E-state index is 6.04. The molecular weight excluding hydrogens is 268 g/mol. The van der Waals surface area contributed by atoms with Crippen molar-refractivity contribution in [3.63, 3.8) is 0 Å². The molecule has 0 atom stereocenters. The Bertz CT molecular complexity index is 720. The molecule has 0 radical (unpaired) electrons. The summed E-state index contributed by atoms with van der Waals surface area (Å²) in [6, 6.07) is 1.98. The molecular formula is C17H17ClN2. The van der Waals surface area contributed by atoms with E-state index in [4.69, 9.17) is 11.6 Å². The minimum Gasteiger partial charge on any atom is -0.346 e. The number of H-pyrrole nitrogens is 1. The van der Waals surface area contributed by atoms with Crippen LogP contribution in [0.1, 0.15) is 25.3 Å². The van der Waals surface area contributed by atoms with Crippen LogP contribution in [0.15, 0.2) is 53.9 Å². The van der Waals surface area contributed by atoms with Crippen LogP contribution in [0.4, 0.5) is 0 Å². The van der Waals surface area contributed by atoms with Gasteiger partial charge in [0.05, 0.1) is 5.02 Å². The number of aromatic nitrogens is 2. The fourth-order valence-corrected chi connectivity index (χ4v) is 2.64. The average molecular weight is 285 g/mol. The summed E-state index contributed by atoms with van der Waals surface area (Å²) in [5.74, 6) is 0. The van der Waals surface area contributed by atoms with Gasteiger partial charge in [-0.25, -0.2) is 4.98 Å². The van der Waals surface area contributed by atoms with E-state index in [1.165, 1.54) is 16.7 Å². The van der Waals surface area contributed by atoms with Gasteiger partial charge in [0.1, 0.15) is 5.65 Å². The van der Waals surface area contributed by atoms with Gasteiger partial charge in [0.25, 0.3) is 0 Å². The second-order valence-electron chi connectivity index (χ2n) is 5.18. The highest BCUT2D eigenvalue weighted by Crippen LogP contribution is 2.23. The quantitative estimate of drug-likeness (QED) is 0.827. The van der Waals surface area contributed by atoms with Crippen LogP contribution >= 0.6 is 11.6 Å². The maximum atomic E-state index is 6.04. The maximum Gasteiger partial charge on any atom is 0.137 e. The molecule has 3 rings (SSSR count). The van der Waals surface area contributed by atoms with Gasteiger partial charge in [0.15, 0.2) is 0 Å². The van der Waals surface area contributed by atoms with Crippen LogP contribution in [-0.4, -0.2) is 9.97 Å². The standard InChI is InChI=1S/C17H17ClN2/c1-12-4-2-3-5-13(7-6-12)8-14-10-19-17-16(14)9-15(18)11-20-17/h4-7,9-11H,2-3,8H2,1H3,(H,19,20)/b7-6?,12-4?,13-5-. The van der Waals surface area contributed by atoms with Crippen LogP contribution < -0.4 is 0 Å². The highest BCUT2D eigenvalue weighted by Gasteiger charge is 2.07. The molecule has 0 fully saturated rings. The molecule has 0 spiro atoms. The number of aromatic amines is 1. The Morgan fingerprint density at radius 2 is 2.10 bits per heavy atom. The van der Waals surface area contributed by atoms with Crippen molar-refractivity contribution in [1.29, 1.82) is 0 Å². The van der Waals surface area contributed by atoms with E-state index in [9.17, 15) is 0 Å². The molecule has 1 aliphatic rings. The summed E-state index contributed by atoms with van der Waals surface area (Å²) in [5.41, 5.74) is 4.82. The zero-order valence-electron chi connectivity index (χ0n) is 11.5. The summed E-state index contributed by atoms with van der Waals surface area (Å²) in [6.45, 7) is 2.15. The van der Waals surface area contributed by atoms with E-state index in [-0.39, 0.29) is 0 Å². The lowest BCUT2D eigenvalue weighted by Crippen LogP contribution is -1.89. The molecule has 20 heavy (non-hydrogen) atoms. The fourth-order valence-electron chi connectivity index (χ4n) is 2.48. The van der Waals surface area contributed by atoms with Crippen LogP contribution in [0.2, 0.25) is 5.02 Å². The molecule has 3 heteroatoms.